The van der Waals surface area contributed by atoms with E-state index in [1.807, 2.05) is 0 Å². The van der Waals surface area contributed by atoms with Crippen LogP contribution in [0.4, 0.5) is 10.1 Å². The molecule has 2 aromatic rings. The SMILES string of the molecule is [2H]C([2H])([2H])Oc1cccc(C=Nc2cccc(F)c2)c1OC([2H])([2H])[2H]. The van der Waals surface area contributed by atoms with Crippen LogP contribution in [0.1, 0.15) is 13.8 Å². The molecule has 0 aliphatic heterocycles. The number of hydrogen-bond acceptors (Lipinski definition) is 3. The number of para-hydroxylation sites is 1. The summed E-state index contributed by atoms with van der Waals surface area (Å²) in [5, 5.41) is 0. The van der Waals surface area contributed by atoms with E-state index in [0.29, 0.717) is 5.69 Å². The van der Waals surface area contributed by atoms with Crippen LogP contribution in [0.5, 0.6) is 11.5 Å². The summed E-state index contributed by atoms with van der Waals surface area (Å²) in [4.78, 5) is 4.04. The van der Waals surface area contributed by atoms with Crippen molar-refractivity contribution < 1.29 is 22.1 Å². The zero-order chi connectivity index (χ0) is 18.7. The third kappa shape index (κ3) is 3.10. The molecule has 0 spiro atoms. The quantitative estimate of drug-likeness (QED) is 0.791. The van der Waals surface area contributed by atoms with Crippen LogP contribution in [0.2, 0.25) is 0 Å². The van der Waals surface area contributed by atoms with E-state index in [-0.39, 0.29) is 17.1 Å². The van der Waals surface area contributed by atoms with Gasteiger partial charge in [0.15, 0.2) is 11.5 Å². The Hall–Kier alpha value is -2.36. The van der Waals surface area contributed by atoms with Gasteiger partial charge in [0.2, 0.25) is 0 Å². The second kappa shape index (κ2) is 6.00. The lowest BCUT2D eigenvalue weighted by atomic mass is 10.2. The predicted octanol–water partition coefficient (Wildman–Crippen LogP) is 3.59. The number of aliphatic imine (C=N–C) groups is 1. The summed E-state index contributed by atoms with van der Waals surface area (Å²) in [6.45, 7) is 0. The molecule has 0 fully saturated rings. The molecule has 0 N–H and O–H groups in total. The second-order valence-electron chi connectivity index (χ2n) is 3.62. The summed E-state index contributed by atoms with van der Waals surface area (Å²) in [6, 6.07) is 9.66. The maximum Gasteiger partial charge on any atom is 0.169 e. The molecule has 0 aliphatic carbocycles. The summed E-state index contributed by atoms with van der Waals surface area (Å²) in [7, 11) is -5.61. The predicted molar refractivity (Wildman–Crippen MR) is 73.2 cm³/mol. The highest BCUT2D eigenvalue weighted by Gasteiger charge is 2.07. The van der Waals surface area contributed by atoms with Crippen molar-refractivity contribution in [3.8, 4) is 11.5 Å². The standard InChI is InChI=1S/C15H14FNO2/c1-18-14-8-3-5-11(15(14)19-2)10-17-13-7-4-6-12(16)9-13/h3-10H,1-2H3/i1D3,2D3. The minimum absolute atomic E-state index is 0.169. The average molecular weight is 265 g/mol. The van der Waals surface area contributed by atoms with Crippen molar-refractivity contribution in [2.75, 3.05) is 14.1 Å². The molecule has 0 atom stereocenters. The number of hydrogen-bond donors (Lipinski definition) is 0. The first-order valence-electron chi connectivity index (χ1n) is 8.34. The Morgan fingerprint density at radius 2 is 2.00 bits per heavy atom. The van der Waals surface area contributed by atoms with Gasteiger partial charge in [-0.15, -0.1) is 0 Å². The van der Waals surface area contributed by atoms with Crippen molar-refractivity contribution in [2.24, 2.45) is 4.99 Å². The first-order valence-corrected chi connectivity index (χ1v) is 5.34. The van der Waals surface area contributed by atoms with Gasteiger partial charge in [-0.25, -0.2) is 4.39 Å². The normalized spacial score (nSPS) is 16.7. The van der Waals surface area contributed by atoms with E-state index in [4.69, 9.17) is 17.7 Å². The molecule has 98 valence electrons. The molecular weight excluding hydrogens is 245 g/mol. The molecule has 4 heteroatoms. The van der Waals surface area contributed by atoms with Gasteiger partial charge in [-0.3, -0.25) is 4.99 Å². The van der Waals surface area contributed by atoms with Crippen LogP contribution < -0.4 is 9.47 Å². The topological polar surface area (TPSA) is 30.8 Å². The highest BCUT2D eigenvalue weighted by molar-refractivity contribution is 5.86. The van der Waals surface area contributed by atoms with Gasteiger partial charge in [0.25, 0.3) is 0 Å². The first kappa shape index (κ1) is 7.28. The maximum atomic E-state index is 13.2. The minimum Gasteiger partial charge on any atom is -0.493 e. The van der Waals surface area contributed by atoms with Crippen LogP contribution >= 0.6 is 0 Å². The van der Waals surface area contributed by atoms with Crippen molar-refractivity contribution in [3.05, 3.63) is 53.8 Å². The number of rotatable bonds is 4. The molecule has 0 bridgehead atoms. The van der Waals surface area contributed by atoms with Gasteiger partial charge in [-0.05, 0) is 30.3 Å². The van der Waals surface area contributed by atoms with Gasteiger partial charge in [0, 0.05) is 11.8 Å². The van der Waals surface area contributed by atoms with Crippen LogP contribution in [-0.2, 0) is 0 Å². The summed E-state index contributed by atoms with van der Waals surface area (Å²) in [6.07, 6.45) is 1.24. The van der Waals surface area contributed by atoms with E-state index in [1.165, 1.54) is 42.6 Å². The van der Waals surface area contributed by atoms with Crippen LogP contribution in [0.25, 0.3) is 0 Å². The third-order valence-corrected chi connectivity index (χ3v) is 2.38. The molecule has 0 radical (unpaired) electrons. The lowest BCUT2D eigenvalue weighted by molar-refractivity contribution is 0.354. The Morgan fingerprint density at radius 3 is 2.79 bits per heavy atom. The zero-order valence-corrected chi connectivity index (χ0v) is 9.76. The van der Waals surface area contributed by atoms with Crippen molar-refractivity contribution >= 4 is 11.9 Å². The monoisotopic (exact) mass is 265 g/mol. The van der Waals surface area contributed by atoms with E-state index in [1.54, 1.807) is 6.07 Å². The molecule has 0 saturated heterocycles. The molecule has 3 nitrogen and oxygen atoms in total. The molecule has 0 unspecified atom stereocenters. The molecular formula is C15H14FNO2. The molecule has 2 aromatic carbocycles. The number of halogens is 1. The fourth-order valence-electron chi connectivity index (χ4n) is 1.52. The van der Waals surface area contributed by atoms with E-state index >= 15 is 0 Å². The van der Waals surface area contributed by atoms with Gasteiger partial charge in [0.05, 0.1) is 28.0 Å². The molecule has 19 heavy (non-hydrogen) atoms. The van der Waals surface area contributed by atoms with Gasteiger partial charge in [0.1, 0.15) is 5.82 Å². The van der Waals surface area contributed by atoms with Crippen LogP contribution in [-0.4, -0.2) is 20.3 Å². The fraction of sp³-hybridized carbons (Fsp3) is 0.133. The van der Waals surface area contributed by atoms with Gasteiger partial charge < -0.3 is 9.47 Å². The van der Waals surface area contributed by atoms with Crippen molar-refractivity contribution in [1.29, 1.82) is 0 Å². The van der Waals surface area contributed by atoms with Crippen molar-refractivity contribution in [3.63, 3.8) is 0 Å². The Labute approximate surface area is 119 Å². The summed E-state index contributed by atoms with van der Waals surface area (Å²) in [5.74, 6) is -1.04. The van der Waals surface area contributed by atoms with Crippen molar-refractivity contribution in [2.45, 2.75) is 0 Å². The minimum atomic E-state index is -2.82. The number of benzene rings is 2. The largest absolute Gasteiger partial charge is 0.493 e. The van der Waals surface area contributed by atoms with Crippen LogP contribution in [0.15, 0.2) is 47.5 Å². The lowest BCUT2D eigenvalue weighted by Gasteiger charge is -2.09. The Kier molecular flexibility index (Phi) is 2.30. The Morgan fingerprint density at radius 1 is 1.16 bits per heavy atom. The molecule has 0 aromatic heterocycles. The molecule has 0 amide bonds. The molecule has 0 saturated carbocycles. The van der Waals surface area contributed by atoms with Gasteiger partial charge in [-0.2, -0.15) is 0 Å². The first-order chi connectivity index (χ1) is 11.5. The smallest absolute Gasteiger partial charge is 0.169 e. The number of nitrogens with zero attached hydrogens (tertiary/aromatic N) is 1. The van der Waals surface area contributed by atoms with Gasteiger partial charge >= 0.3 is 0 Å². The van der Waals surface area contributed by atoms with Crippen LogP contribution in [0, 0.1) is 5.82 Å². The molecule has 2 rings (SSSR count). The average Bonchev–Trinajstić information content (AvgIpc) is 2.45. The highest BCUT2D eigenvalue weighted by Crippen LogP contribution is 2.29. The third-order valence-electron chi connectivity index (χ3n) is 2.38. The fourth-order valence-corrected chi connectivity index (χ4v) is 1.52. The second-order valence-corrected chi connectivity index (χ2v) is 3.62. The molecule has 0 aliphatic rings. The summed E-state index contributed by atoms with van der Waals surface area (Å²) in [5.41, 5.74) is 0.462. The Bertz CT molecular complexity index is 773. The molecule has 0 heterocycles. The number of methoxy groups -OCH3 is 2. The Balaban J connectivity index is 2.43. The maximum absolute atomic E-state index is 13.2. The zero-order valence-electron chi connectivity index (χ0n) is 15.8. The van der Waals surface area contributed by atoms with E-state index in [2.05, 4.69) is 4.99 Å². The van der Waals surface area contributed by atoms with E-state index in [9.17, 15) is 4.39 Å². The van der Waals surface area contributed by atoms with E-state index in [0.717, 1.165) is 0 Å². The summed E-state index contributed by atoms with van der Waals surface area (Å²) >= 11 is 0. The van der Waals surface area contributed by atoms with Crippen molar-refractivity contribution in [1.82, 2.24) is 0 Å². The highest BCUT2D eigenvalue weighted by atomic mass is 19.1. The van der Waals surface area contributed by atoms with Gasteiger partial charge in [-0.1, -0.05) is 12.1 Å². The lowest BCUT2D eigenvalue weighted by Crippen LogP contribution is -1.94. The van der Waals surface area contributed by atoms with Crippen LogP contribution in [0.3, 0.4) is 0 Å². The van der Waals surface area contributed by atoms with E-state index < -0.39 is 19.9 Å². The summed E-state index contributed by atoms with van der Waals surface area (Å²) < 4.78 is 66.1. The number of ether oxygens (including phenoxy) is 2.